The summed E-state index contributed by atoms with van der Waals surface area (Å²) in [5, 5.41) is 0.559. The van der Waals surface area contributed by atoms with Crippen molar-refractivity contribution in [3.8, 4) is 0 Å². The highest BCUT2D eigenvalue weighted by Gasteiger charge is 2.21. The van der Waals surface area contributed by atoms with Crippen molar-refractivity contribution in [1.29, 1.82) is 0 Å². The van der Waals surface area contributed by atoms with Crippen LogP contribution in [-0.4, -0.2) is 27.8 Å². The lowest BCUT2D eigenvalue weighted by atomic mass is 10.0. The maximum atomic E-state index is 12.0. The first-order chi connectivity index (χ1) is 10.9. The molecule has 120 valence electrons. The Morgan fingerprint density at radius 2 is 2.00 bits per heavy atom. The van der Waals surface area contributed by atoms with E-state index in [-0.39, 0.29) is 10.5 Å². The Bertz CT molecular complexity index is 945. The molecule has 6 heteroatoms. The second kappa shape index (κ2) is 5.70. The number of furan rings is 1. The molecule has 0 saturated carbocycles. The molecule has 0 amide bonds. The number of hydrogen-bond donors (Lipinski definition) is 0. The van der Waals surface area contributed by atoms with Gasteiger partial charge in [0.05, 0.1) is 12.0 Å². The van der Waals surface area contributed by atoms with Gasteiger partial charge in [-0.15, -0.1) is 0 Å². The van der Waals surface area contributed by atoms with Crippen molar-refractivity contribution in [2.75, 3.05) is 13.4 Å². The average molecular weight is 332 g/mol. The first-order valence-corrected chi connectivity index (χ1v) is 9.02. The molecule has 0 atom stereocenters. The van der Waals surface area contributed by atoms with Crippen LogP contribution in [0.1, 0.15) is 29.0 Å². The van der Waals surface area contributed by atoms with E-state index < -0.39 is 15.8 Å². The van der Waals surface area contributed by atoms with Crippen LogP contribution in [0.4, 0.5) is 0 Å². The van der Waals surface area contributed by atoms with Crippen molar-refractivity contribution in [2.45, 2.75) is 17.7 Å². The van der Waals surface area contributed by atoms with E-state index in [1.165, 1.54) is 19.2 Å². The van der Waals surface area contributed by atoms with Crippen LogP contribution in [0.25, 0.3) is 16.5 Å². The van der Waals surface area contributed by atoms with E-state index in [0.29, 0.717) is 16.7 Å². The largest absolute Gasteiger partial charge is 0.465 e. The zero-order valence-corrected chi connectivity index (χ0v) is 13.6. The van der Waals surface area contributed by atoms with Gasteiger partial charge in [0.2, 0.25) is 0 Å². The maximum absolute atomic E-state index is 12.0. The molecule has 2 aromatic rings. The van der Waals surface area contributed by atoms with Crippen LogP contribution in [0.15, 0.2) is 45.7 Å². The molecular weight excluding hydrogens is 316 g/mol. The molecule has 1 aliphatic carbocycles. The summed E-state index contributed by atoms with van der Waals surface area (Å²) >= 11 is 0. The summed E-state index contributed by atoms with van der Waals surface area (Å²) in [4.78, 5) is 12.0. The lowest BCUT2D eigenvalue weighted by Crippen LogP contribution is -2.05. The number of esters is 1. The van der Waals surface area contributed by atoms with E-state index in [1.807, 2.05) is 18.2 Å². The van der Waals surface area contributed by atoms with Gasteiger partial charge in [0, 0.05) is 17.2 Å². The maximum Gasteiger partial charge on any atom is 0.341 e. The van der Waals surface area contributed by atoms with Crippen molar-refractivity contribution < 1.29 is 22.4 Å². The Balaban J connectivity index is 2.25. The predicted octanol–water partition coefficient (Wildman–Crippen LogP) is 3.36. The number of fused-ring (bicyclic) bond motifs is 1. The smallest absolute Gasteiger partial charge is 0.341 e. The van der Waals surface area contributed by atoms with Crippen molar-refractivity contribution >= 4 is 32.3 Å². The fourth-order valence-corrected chi connectivity index (χ4v) is 3.21. The van der Waals surface area contributed by atoms with Gasteiger partial charge in [0.1, 0.15) is 16.9 Å². The van der Waals surface area contributed by atoms with E-state index in [1.54, 1.807) is 6.07 Å². The number of allylic oxidation sites excluding steroid dienone is 4. The average Bonchev–Trinajstić information content (AvgIpc) is 2.97. The van der Waals surface area contributed by atoms with Crippen LogP contribution in [0, 0.1) is 0 Å². The number of carbonyl (C=O) groups is 1. The number of benzene rings is 1. The predicted molar refractivity (Wildman–Crippen MR) is 87.0 cm³/mol. The van der Waals surface area contributed by atoms with Gasteiger partial charge < -0.3 is 9.15 Å². The molecule has 0 radical (unpaired) electrons. The van der Waals surface area contributed by atoms with Gasteiger partial charge in [-0.2, -0.15) is 0 Å². The first-order valence-electron chi connectivity index (χ1n) is 7.13. The number of methoxy groups -OCH3 is 1. The monoisotopic (exact) mass is 332 g/mol. The molecule has 23 heavy (non-hydrogen) atoms. The molecule has 5 nitrogen and oxygen atoms in total. The van der Waals surface area contributed by atoms with Crippen LogP contribution in [-0.2, 0) is 14.6 Å². The SMILES string of the molecule is COC(=O)c1cc(S(C)(=O)=O)cc2cc(C3=CCCC=C3)oc12. The zero-order chi connectivity index (χ0) is 16.6. The van der Waals surface area contributed by atoms with Crippen LogP contribution in [0.3, 0.4) is 0 Å². The Hall–Kier alpha value is -2.34. The third-order valence-corrected chi connectivity index (χ3v) is 4.79. The lowest BCUT2D eigenvalue weighted by molar-refractivity contribution is 0.0601. The molecule has 0 fully saturated rings. The summed E-state index contributed by atoms with van der Waals surface area (Å²) in [5.41, 5.74) is 1.36. The fourth-order valence-electron chi connectivity index (χ4n) is 2.54. The lowest BCUT2D eigenvalue weighted by Gasteiger charge is -2.04. The summed E-state index contributed by atoms with van der Waals surface area (Å²) in [5.74, 6) is -0.0266. The number of rotatable bonds is 3. The summed E-state index contributed by atoms with van der Waals surface area (Å²) in [6.45, 7) is 0. The second-order valence-electron chi connectivity index (χ2n) is 5.40. The molecule has 1 heterocycles. The normalized spacial score (nSPS) is 14.8. The molecule has 0 saturated heterocycles. The van der Waals surface area contributed by atoms with Gasteiger partial charge in [0.25, 0.3) is 0 Å². The molecule has 3 rings (SSSR count). The number of sulfone groups is 1. The zero-order valence-electron chi connectivity index (χ0n) is 12.8. The Kier molecular flexibility index (Phi) is 3.85. The van der Waals surface area contributed by atoms with Gasteiger partial charge in [-0.3, -0.25) is 0 Å². The minimum Gasteiger partial charge on any atom is -0.465 e. The molecule has 0 aliphatic heterocycles. The first kappa shape index (κ1) is 15.6. The number of hydrogen-bond acceptors (Lipinski definition) is 5. The standard InChI is InChI=1S/C17H16O5S/c1-21-17(18)14-10-13(23(2,19)20)8-12-9-15(22-16(12)14)11-6-4-3-5-7-11/h4,6-10H,3,5H2,1-2H3. The minimum absolute atomic E-state index is 0.0610. The topological polar surface area (TPSA) is 73.6 Å². The molecule has 0 N–H and O–H groups in total. The van der Waals surface area contributed by atoms with Crippen molar-refractivity contribution in [3.05, 3.63) is 47.8 Å². The van der Waals surface area contributed by atoms with E-state index in [9.17, 15) is 13.2 Å². The van der Waals surface area contributed by atoms with Crippen LogP contribution in [0.2, 0.25) is 0 Å². The minimum atomic E-state index is -3.45. The molecule has 0 unspecified atom stereocenters. The van der Waals surface area contributed by atoms with Crippen molar-refractivity contribution in [3.63, 3.8) is 0 Å². The van der Waals surface area contributed by atoms with Gasteiger partial charge in [-0.05, 0) is 31.0 Å². The highest BCUT2D eigenvalue weighted by molar-refractivity contribution is 7.90. The van der Waals surface area contributed by atoms with Crippen molar-refractivity contribution in [1.82, 2.24) is 0 Å². The van der Waals surface area contributed by atoms with E-state index in [2.05, 4.69) is 0 Å². The van der Waals surface area contributed by atoms with Crippen LogP contribution < -0.4 is 0 Å². The Morgan fingerprint density at radius 1 is 1.22 bits per heavy atom. The Labute approximate surface area is 134 Å². The van der Waals surface area contributed by atoms with E-state index in [0.717, 1.165) is 24.7 Å². The Morgan fingerprint density at radius 3 is 2.61 bits per heavy atom. The van der Waals surface area contributed by atoms with E-state index >= 15 is 0 Å². The molecular formula is C17H16O5S. The fraction of sp³-hybridized carbons (Fsp3) is 0.235. The summed E-state index contributed by atoms with van der Waals surface area (Å²) in [7, 11) is -2.20. The van der Waals surface area contributed by atoms with Gasteiger partial charge in [0.15, 0.2) is 9.84 Å². The quantitative estimate of drug-likeness (QED) is 0.806. The van der Waals surface area contributed by atoms with Crippen molar-refractivity contribution in [2.24, 2.45) is 0 Å². The highest BCUT2D eigenvalue weighted by atomic mass is 32.2. The molecule has 1 aliphatic rings. The number of carbonyl (C=O) groups excluding carboxylic acids is 1. The molecule has 0 spiro atoms. The second-order valence-corrected chi connectivity index (χ2v) is 7.42. The molecule has 1 aromatic carbocycles. The summed E-state index contributed by atoms with van der Waals surface area (Å²) in [6.07, 6.45) is 9.05. The van der Waals surface area contributed by atoms with Gasteiger partial charge in [-0.1, -0.05) is 18.2 Å². The number of ether oxygens (including phenoxy) is 1. The van der Waals surface area contributed by atoms with E-state index in [4.69, 9.17) is 9.15 Å². The van der Waals surface area contributed by atoms with Crippen LogP contribution >= 0.6 is 0 Å². The van der Waals surface area contributed by atoms with Gasteiger partial charge >= 0.3 is 5.97 Å². The van der Waals surface area contributed by atoms with Gasteiger partial charge in [-0.25, -0.2) is 13.2 Å². The molecule has 0 bridgehead atoms. The highest BCUT2D eigenvalue weighted by Crippen LogP contribution is 2.32. The van der Waals surface area contributed by atoms with Crippen LogP contribution in [0.5, 0.6) is 0 Å². The third-order valence-electron chi connectivity index (χ3n) is 3.70. The summed E-state index contributed by atoms with van der Waals surface area (Å²) in [6, 6.07) is 4.55. The molecule has 1 aromatic heterocycles. The summed E-state index contributed by atoms with van der Waals surface area (Å²) < 4.78 is 34.2. The third kappa shape index (κ3) is 2.94.